The Bertz CT molecular complexity index is 182. The lowest BCUT2D eigenvalue weighted by molar-refractivity contribution is -0.130. The lowest BCUT2D eigenvalue weighted by Crippen LogP contribution is -2.34. The number of nitrogens with one attached hydrogen (secondary N) is 1. The molecule has 0 aliphatic rings. The van der Waals surface area contributed by atoms with E-state index in [1.807, 2.05) is 0 Å². The summed E-state index contributed by atoms with van der Waals surface area (Å²) in [6.07, 6.45) is 0.410. The lowest BCUT2D eigenvalue weighted by Gasteiger charge is -2.09. The zero-order chi connectivity index (χ0) is 10.3. The largest absolute Gasteiger partial charge is 0.372 e. The molecule has 0 radical (unpaired) electrons. The van der Waals surface area contributed by atoms with E-state index >= 15 is 0 Å². The van der Waals surface area contributed by atoms with Crippen LogP contribution in [-0.4, -0.2) is 31.6 Å². The lowest BCUT2D eigenvalue weighted by atomic mass is 10.3. The first kappa shape index (κ1) is 11.9. The van der Waals surface area contributed by atoms with Crippen molar-refractivity contribution in [2.45, 2.75) is 25.9 Å². The van der Waals surface area contributed by atoms with E-state index in [1.54, 1.807) is 6.92 Å². The van der Waals surface area contributed by atoms with Gasteiger partial charge >= 0.3 is 0 Å². The zero-order valence-electron chi connectivity index (χ0n) is 8.00. The van der Waals surface area contributed by atoms with Crippen molar-refractivity contribution in [2.75, 3.05) is 13.7 Å². The summed E-state index contributed by atoms with van der Waals surface area (Å²) in [5, 5.41) is 2.62. The normalized spacial score (nSPS) is 12.2. The molecule has 1 unspecified atom stereocenters. The summed E-state index contributed by atoms with van der Waals surface area (Å²) in [6.45, 7) is 2.11. The molecule has 0 spiro atoms. The van der Waals surface area contributed by atoms with Gasteiger partial charge in [-0.05, 0) is 13.3 Å². The van der Waals surface area contributed by atoms with E-state index in [0.29, 0.717) is 19.4 Å². The van der Waals surface area contributed by atoms with Crippen LogP contribution >= 0.6 is 0 Å². The first-order chi connectivity index (χ1) is 6.07. The predicted molar refractivity (Wildman–Crippen MR) is 47.9 cm³/mol. The number of amides is 2. The molecule has 0 aliphatic carbocycles. The Labute approximate surface area is 77.6 Å². The Balaban J connectivity index is 3.42. The SMILES string of the molecule is COC(C)C(=O)NCCCC(N)=O. The number of hydrogen-bond donors (Lipinski definition) is 2. The topological polar surface area (TPSA) is 81.4 Å². The second-order valence-electron chi connectivity index (χ2n) is 2.74. The molecule has 0 bridgehead atoms. The molecule has 1 atom stereocenters. The molecule has 0 aromatic rings. The second-order valence-corrected chi connectivity index (χ2v) is 2.74. The van der Waals surface area contributed by atoms with Crippen molar-refractivity contribution in [1.29, 1.82) is 0 Å². The van der Waals surface area contributed by atoms with Crippen LogP contribution < -0.4 is 11.1 Å². The average molecular weight is 188 g/mol. The molecule has 2 amide bonds. The minimum Gasteiger partial charge on any atom is -0.372 e. The van der Waals surface area contributed by atoms with Gasteiger partial charge < -0.3 is 15.8 Å². The molecule has 0 aliphatic heterocycles. The fourth-order valence-electron chi connectivity index (χ4n) is 0.725. The molecule has 0 aromatic heterocycles. The van der Waals surface area contributed by atoms with E-state index in [2.05, 4.69) is 5.32 Å². The molecule has 5 nitrogen and oxygen atoms in total. The van der Waals surface area contributed by atoms with Crippen LogP contribution in [0.5, 0.6) is 0 Å². The van der Waals surface area contributed by atoms with E-state index in [0.717, 1.165) is 0 Å². The number of carbonyl (C=O) groups excluding carboxylic acids is 2. The summed E-state index contributed by atoms with van der Waals surface area (Å²) in [5.74, 6) is -0.527. The van der Waals surface area contributed by atoms with E-state index in [-0.39, 0.29) is 11.8 Å². The maximum Gasteiger partial charge on any atom is 0.248 e. The Kier molecular flexibility index (Phi) is 5.88. The molecular formula is C8H16N2O3. The van der Waals surface area contributed by atoms with Crippen molar-refractivity contribution in [1.82, 2.24) is 5.32 Å². The number of primary amides is 1. The number of hydrogen-bond acceptors (Lipinski definition) is 3. The monoisotopic (exact) mass is 188 g/mol. The summed E-state index contributed by atoms with van der Waals surface area (Å²) in [5.41, 5.74) is 4.92. The van der Waals surface area contributed by atoms with Crippen molar-refractivity contribution < 1.29 is 14.3 Å². The van der Waals surface area contributed by atoms with Crippen LogP contribution in [0, 0.1) is 0 Å². The van der Waals surface area contributed by atoms with Crippen molar-refractivity contribution in [3.63, 3.8) is 0 Å². The van der Waals surface area contributed by atoms with Gasteiger partial charge in [-0.15, -0.1) is 0 Å². The van der Waals surface area contributed by atoms with E-state index in [4.69, 9.17) is 10.5 Å². The van der Waals surface area contributed by atoms with Gasteiger partial charge in [0.15, 0.2) is 0 Å². The highest BCUT2D eigenvalue weighted by atomic mass is 16.5. The van der Waals surface area contributed by atoms with Crippen molar-refractivity contribution in [3.8, 4) is 0 Å². The number of rotatable bonds is 6. The van der Waals surface area contributed by atoms with Crippen LogP contribution in [0.2, 0.25) is 0 Å². The Morgan fingerprint density at radius 2 is 2.15 bits per heavy atom. The standard InChI is InChI=1S/C8H16N2O3/c1-6(13-2)8(12)10-5-3-4-7(9)11/h6H,3-5H2,1-2H3,(H2,9,11)(H,10,12). The number of nitrogens with two attached hydrogens (primary N) is 1. The third-order valence-electron chi connectivity index (χ3n) is 1.62. The third kappa shape index (κ3) is 6.10. The second kappa shape index (κ2) is 6.42. The van der Waals surface area contributed by atoms with Gasteiger partial charge in [-0.1, -0.05) is 0 Å². The first-order valence-electron chi connectivity index (χ1n) is 4.16. The van der Waals surface area contributed by atoms with Gasteiger partial charge in [-0.2, -0.15) is 0 Å². The van der Waals surface area contributed by atoms with Crippen LogP contribution in [0.1, 0.15) is 19.8 Å². The van der Waals surface area contributed by atoms with Gasteiger partial charge in [0.1, 0.15) is 6.10 Å². The van der Waals surface area contributed by atoms with Gasteiger partial charge in [0.25, 0.3) is 0 Å². The molecule has 5 heteroatoms. The molecule has 0 rings (SSSR count). The van der Waals surface area contributed by atoms with Crippen LogP contribution in [0.4, 0.5) is 0 Å². The molecule has 0 fully saturated rings. The fraction of sp³-hybridized carbons (Fsp3) is 0.750. The smallest absolute Gasteiger partial charge is 0.248 e. The van der Waals surface area contributed by atoms with Gasteiger partial charge in [0.05, 0.1) is 0 Å². The predicted octanol–water partition coefficient (Wildman–Crippen LogP) is -0.597. The summed E-state index contributed by atoms with van der Waals surface area (Å²) in [4.78, 5) is 21.4. The van der Waals surface area contributed by atoms with Crippen LogP contribution in [0.15, 0.2) is 0 Å². The maximum absolute atomic E-state index is 11.1. The molecule has 3 N–H and O–H groups in total. The van der Waals surface area contributed by atoms with Crippen LogP contribution in [-0.2, 0) is 14.3 Å². The van der Waals surface area contributed by atoms with Crippen molar-refractivity contribution in [2.24, 2.45) is 5.73 Å². The molecule has 13 heavy (non-hydrogen) atoms. The Morgan fingerprint density at radius 3 is 2.62 bits per heavy atom. The van der Waals surface area contributed by atoms with E-state index < -0.39 is 6.10 Å². The first-order valence-corrected chi connectivity index (χ1v) is 4.16. The highest BCUT2D eigenvalue weighted by Gasteiger charge is 2.09. The summed E-state index contributed by atoms with van der Waals surface area (Å²) < 4.78 is 4.79. The van der Waals surface area contributed by atoms with Gasteiger partial charge in [-0.3, -0.25) is 9.59 Å². The van der Waals surface area contributed by atoms with Gasteiger partial charge in [0, 0.05) is 20.1 Å². The molecule has 0 saturated carbocycles. The van der Waals surface area contributed by atoms with Crippen molar-refractivity contribution in [3.05, 3.63) is 0 Å². The Hall–Kier alpha value is -1.10. The highest BCUT2D eigenvalue weighted by Crippen LogP contribution is 1.89. The molecule has 0 aromatic carbocycles. The number of carbonyl (C=O) groups is 2. The van der Waals surface area contributed by atoms with Gasteiger partial charge in [0.2, 0.25) is 11.8 Å². The minimum absolute atomic E-state index is 0.174. The van der Waals surface area contributed by atoms with Gasteiger partial charge in [-0.25, -0.2) is 0 Å². The third-order valence-corrected chi connectivity index (χ3v) is 1.62. The Morgan fingerprint density at radius 1 is 1.54 bits per heavy atom. The highest BCUT2D eigenvalue weighted by molar-refractivity contribution is 5.80. The quantitative estimate of drug-likeness (QED) is 0.546. The van der Waals surface area contributed by atoms with Crippen LogP contribution in [0.3, 0.4) is 0 Å². The number of ether oxygens (including phenoxy) is 1. The van der Waals surface area contributed by atoms with Crippen molar-refractivity contribution >= 4 is 11.8 Å². The minimum atomic E-state index is -0.450. The average Bonchev–Trinajstić information content (AvgIpc) is 2.10. The van der Waals surface area contributed by atoms with E-state index in [1.165, 1.54) is 7.11 Å². The number of methoxy groups -OCH3 is 1. The maximum atomic E-state index is 11.1. The molecule has 76 valence electrons. The molecule has 0 saturated heterocycles. The van der Waals surface area contributed by atoms with Crippen LogP contribution in [0.25, 0.3) is 0 Å². The summed E-state index contributed by atoms with van der Waals surface area (Å²) in [7, 11) is 1.47. The zero-order valence-corrected chi connectivity index (χ0v) is 8.00. The fourth-order valence-corrected chi connectivity index (χ4v) is 0.725. The molecule has 0 heterocycles. The summed E-state index contributed by atoms with van der Waals surface area (Å²) >= 11 is 0. The molecular weight excluding hydrogens is 172 g/mol. The summed E-state index contributed by atoms with van der Waals surface area (Å²) in [6, 6.07) is 0. The van der Waals surface area contributed by atoms with E-state index in [9.17, 15) is 9.59 Å².